The summed E-state index contributed by atoms with van der Waals surface area (Å²) in [5.41, 5.74) is -0.0931. The van der Waals surface area contributed by atoms with Crippen molar-refractivity contribution in [3.8, 4) is 0 Å². The highest BCUT2D eigenvalue weighted by molar-refractivity contribution is 5.23. The molecule has 0 aliphatic heterocycles. The molecule has 1 aromatic heterocycles. The number of nitrogens with zero attached hydrogens (tertiary/aromatic N) is 2. The van der Waals surface area contributed by atoms with E-state index in [1.165, 1.54) is 0 Å². The zero-order chi connectivity index (χ0) is 12.3. The van der Waals surface area contributed by atoms with Crippen LogP contribution in [0.15, 0.2) is 4.52 Å². The lowest BCUT2D eigenvalue weighted by atomic mass is 10.1. The van der Waals surface area contributed by atoms with Gasteiger partial charge in [0.25, 0.3) is 0 Å². The largest absolute Gasteiger partial charge is 0.373 e. The SMILES string of the molecule is COC(c1noc(NC(C)(C)C)n1)C(C)C. The number of methoxy groups -OCH3 is 1. The molecule has 0 aromatic carbocycles. The van der Waals surface area contributed by atoms with Gasteiger partial charge in [-0.3, -0.25) is 0 Å². The maximum Gasteiger partial charge on any atom is 0.321 e. The lowest BCUT2D eigenvalue weighted by molar-refractivity contribution is 0.0556. The zero-order valence-electron chi connectivity index (χ0n) is 10.9. The molecule has 16 heavy (non-hydrogen) atoms. The van der Waals surface area contributed by atoms with Crippen molar-refractivity contribution in [3.05, 3.63) is 5.82 Å². The molecular formula is C11H21N3O2. The molecule has 0 aliphatic carbocycles. The molecule has 1 aromatic rings. The quantitative estimate of drug-likeness (QED) is 0.856. The van der Waals surface area contributed by atoms with Crippen molar-refractivity contribution in [2.75, 3.05) is 12.4 Å². The van der Waals surface area contributed by atoms with E-state index in [0.29, 0.717) is 17.8 Å². The van der Waals surface area contributed by atoms with Crippen LogP contribution in [0.4, 0.5) is 6.01 Å². The average molecular weight is 227 g/mol. The highest BCUT2D eigenvalue weighted by Crippen LogP contribution is 2.24. The first kappa shape index (κ1) is 13.0. The van der Waals surface area contributed by atoms with Crippen molar-refractivity contribution in [2.45, 2.75) is 46.3 Å². The second-order valence-electron chi connectivity index (χ2n) is 5.23. The van der Waals surface area contributed by atoms with Crippen molar-refractivity contribution >= 4 is 6.01 Å². The summed E-state index contributed by atoms with van der Waals surface area (Å²) in [6, 6.07) is 0.435. The van der Waals surface area contributed by atoms with E-state index >= 15 is 0 Å². The predicted molar refractivity (Wildman–Crippen MR) is 62.3 cm³/mol. The molecule has 0 bridgehead atoms. The van der Waals surface area contributed by atoms with Crippen LogP contribution in [0, 0.1) is 5.92 Å². The second kappa shape index (κ2) is 4.82. The Bertz CT molecular complexity index is 328. The van der Waals surface area contributed by atoms with Gasteiger partial charge in [0.15, 0.2) is 0 Å². The molecule has 1 unspecified atom stereocenters. The van der Waals surface area contributed by atoms with Crippen LogP contribution in [0.1, 0.15) is 46.5 Å². The minimum absolute atomic E-state index is 0.0931. The summed E-state index contributed by atoms with van der Waals surface area (Å²) in [5.74, 6) is 0.898. The lowest BCUT2D eigenvalue weighted by Gasteiger charge is -2.18. The topological polar surface area (TPSA) is 60.2 Å². The van der Waals surface area contributed by atoms with Gasteiger partial charge in [0.05, 0.1) is 0 Å². The fraction of sp³-hybridized carbons (Fsp3) is 0.818. The molecule has 0 aliphatic rings. The minimum Gasteiger partial charge on any atom is -0.373 e. The number of rotatable bonds is 4. The van der Waals surface area contributed by atoms with Crippen LogP contribution < -0.4 is 5.32 Å². The summed E-state index contributed by atoms with van der Waals surface area (Å²) in [6.07, 6.45) is -0.126. The van der Waals surface area contributed by atoms with E-state index in [1.54, 1.807) is 7.11 Å². The monoisotopic (exact) mass is 227 g/mol. The van der Waals surface area contributed by atoms with Crippen LogP contribution in [-0.4, -0.2) is 22.8 Å². The van der Waals surface area contributed by atoms with Gasteiger partial charge in [-0.2, -0.15) is 4.98 Å². The Morgan fingerprint density at radius 3 is 2.38 bits per heavy atom. The van der Waals surface area contributed by atoms with Crippen LogP contribution in [0.2, 0.25) is 0 Å². The van der Waals surface area contributed by atoms with Crippen molar-refractivity contribution in [2.24, 2.45) is 5.92 Å². The van der Waals surface area contributed by atoms with Gasteiger partial charge in [-0.1, -0.05) is 19.0 Å². The number of anilines is 1. The van der Waals surface area contributed by atoms with Gasteiger partial charge in [0.2, 0.25) is 5.82 Å². The Hall–Kier alpha value is -1.10. The highest BCUT2D eigenvalue weighted by atomic mass is 16.5. The average Bonchev–Trinajstić information content (AvgIpc) is 2.50. The van der Waals surface area contributed by atoms with Gasteiger partial charge in [-0.25, -0.2) is 0 Å². The Morgan fingerprint density at radius 1 is 1.31 bits per heavy atom. The number of aromatic nitrogens is 2. The molecular weight excluding hydrogens is 206 g/mol. The Kier molecular flexibility index (Phi) is 3.91. The van der Waals surface area contributed by atoms with Crippen LogP contribution >= 0.6 is 0 Å². The van der Waals surface area contributed by atoms with E-state index in [9.17, 15) is 0 Å². The summed E-state index contributed by atoms with van der Waals surface area (Å²) >= 11 is 0. The van der Waals surface area contributed by atoms with Gasteiger partial charge >= 0.3 is 6.01 Å². The molecule has 1 rings (SSSR count). The van der Waals surface area contributed by atoms with E-state index in [4.69, 9.17) is 9.26 Å². The van der Waals surface area contributed by atoms with Crippen LogP contribution in [0.5, 0.6) is 0 Å². The fourth-order valence-corrected chi connectivity index (χ4v) is 1.40. The molecule has 0 radical (unpaired) electrons. The zero-order valence-corrected chi connectivity index (χ0v) is 10.9. The standard InChI is InChI=1S/C11H21N3O2/c1-7(2)8(15-6)9-12-10(16-14-9)13-11(3,4)5/h7-8H,1-6H3,(H,12,13,14). The van der Waals surface area contributed by atoms with E-state index in [-0.39, 0.29) is 11.6 Å². The number of hydrogen-bond acceptors (Lipinski definition) is 5. The third kappa shape index (κ3) is 3.48. The molecule has 0 spiro atoms. The van der Waals surface area contributed by atoms with Crippen molar-refractivity contribution in [1.82, 2.24) is 10.1 Å². The van der Waals surface area contributed by atoms with Gasteiger partial charge in [-0.05, 0) is 26.7 Å². The Labute approximate surface area is 96.6 Å². The number of ether oxygens (including phenoxy) is 1. The van der Waals surface area contributed by atoms with Gasteiger partial charge in [0.1, 0.15) is 6.10 Å². The molecule has 5 nitrogen and oxygen atoms in total. The Morgan fingerprint density at radius 2 is 1.94 bits per heavy atom. The maximum absolute atomic E-state index is 5.33. The summed E-state index contributed by atoms with van der Waals surface area (Å²) < 4.78 is 10.4. The summed E-state index contributed by atoms with van der Waals surface area (Å²) in [6.45, 7) is 10.2. The minimum atomic E-state index is -0.126. The normalized spacial score (nSPS) is 14.2. The molecule has 92 valence electrons. The second-order valence-corrected chi connectivity index (χ2v) is 5.23. The molecule has 0 saturated carbocycles. The predicted octanol–water partition coefficient (Wildman–Crippen LogP) is 2.62. The lowest BCUT2D eigenvalue weighted by Crippen LogP contribution is -2.26. The van der Waals surface area contributed by atoms with E-state index in [2.05, 4.69) is 29.3 Å². The summed E-state index contributed by atoms with van der Waals surface area (Å²) in [5, 5.41) is 7.04. The fourth-order valence-electron chi connectivity index (χ4n) is 1.40. The van der Waals surface area contributed by atoms with E-state index in [0.717, 1.165) is 0 Å². The van der Waals surface area contributed by atoms with Gasteiger partial charge in [0, 0.05) is 12.6 Å². The molecule has 1 N–H and O–H groups in total. The first-order valence-electron chi connectivity index (χ1n) is 5.48. The maximum atomic E-state index is 5.33. The number of nitrogens with one attached hydrogen (secondary N) is 1. The van der Waals surface area contributed by atoms with Crippen molar-refractivity contribution < 1.29 is 9.26 Å². The molecule has 5 heteroatoms. The Balaban J connectivity index is 2.78. The van der Waals surface area contributed by atoms with Crippen LogP contribution in [-0.2, 0) is 4.74 Å². The molecule has 0 saturated heterocycles. The molecule has 1 atom stereocenters. The molecule has 1 heterocycles. The van der Waals surface area contributed by atoms with Gasteiger partial charge in [-0.15, -0.1) is 0 Å². The van der Waals surface area contributed by atoms with Gasteiger partial charge < -0.3 is 14.6 Å². The summed E-state index contributed by atoms with van der Waals surface area (Å²) in [7, 11) is 1.65. The third-order valence-corrected chi connectivity index (χ3v) is 2.04. The third-order valence-electron chi connectivity index (χ3n) is 2.04. The first-order valence-corrected chi connectivity index (χ1v) is 5.48. The van der Waals surface area contributed by atoms with E-state index in [1.807, 2.05) is 20.8 Å². The molecule has 0 amide bonds. The van der Waals surface area contributed by atoms with E-state index < -0.39 is 0 Å². The first-order chi connectivity index (χ1) is 7.33. The van der Waals surface area contributed by atoms with Crippen molar-refractivity contribution in [1.29, 1.82) is 0 Å². The number of hydrogen-bond donors (Lipinski definition) is 1. The van der Waals surface area contributed by atoms with Crippen LogP contribution in [0.25, 0.3) is 0 Å². The summed E-state index contributed by atoms with van der Waals surface area (Å²) in [4.78, 5) is 4.27. The van der Waals surface area contributed by atoms with Crippen molar-refractivity contribution in [3.63, 3.8) is 0 Å². The van der Waals surface area contributed by atoms with Crippen LogP contribution in [0.3, 0.4) is 0 Å². The smallest absolute Gasteiger partial charge is 0.321 e. The highest BCUT2D eigenvalue weighted by Gasteiger charge is 2.22. The molecule has 0 fully saturated rings.